The molecule has 1 aliphatic rings. The average Bonchev–Trinajstić information content (AvgIpc) is 3.27. The maximum Gasteiger partial charge on any atom is 0.253 e. The molecule has 156 valence electrons. The van der Waals surface area contributed by atoms with E-state index in [0.717, 1.165) is 16.6 Å². The van der Waals surface area contributed by atoms with Crippen LogP contribution >= 0.6 is 0 Å². The zero-order chi connectivity index (χ0) is 20.9. The van der Waals surface area contributed by atoms with Gasteiger partial charge in [0.15, 0.2) is 0 Å². The van der Waals surface area contributed by atoms with Crippen LogP contribution in [0.4, 0.5) is 0 Å². The first-order chi connectivity index (χ1) is 14.7. The van der Waals surface area contributed by atoms with Crippen molar-refractivity contribution in [2.45, 2.75) is 19.3 Å². The predicted molar refractivity (Wildman–Crippen MR) is 114 cm³/mol. The van der Waals surface area contributed by atoms with Crippen LogP contribution in [0, 0.1) is 0 Å². The predicted octanol–water partition coefficient (Wildman–Crippen LogP) is 2.45. The molecule has 1 saturated heterocycles. The summed E-state index contributed by atoms with van der Waals surface area (Å²) in [6.07, 6.45) is 5.55. The minimum Gasteiger partial charge on any atom is -0.396 e. The molecule has 0 radical (unpaired) electrons. The number of carbonyl (C=O) groups is 2. The molecule has 0 saturated carbocycles. The second-order valence-corrected chi connectivity index (χ2v) is 7.55. The lowest BCUT2D eigenvalue weighted by Crippen LogP contribution is -2.50. The van der Waals surface area contributed by atoms with Gasteiger partial charge in [0.1, 0.15) is 0 Å². The molecule has 4 rings (SSSR count). The van der Waals surface area contributed by atoms with Gasteiger partial charge in [-0.05, 0) is 42.7 Å². The number of carbonyl (C=O) groups excluding carboxylic acids is 2. The van der Waals surface area contributed by atoms with Gasteiger partial charge in [-0.15, -0.1) is 0 Å². The lowest BCUT2D eigenvalue weighted by molar-refractivity contribution is -0.132. The van der Waals surface area contributed by atoms with Crippen molar-refractivity contribution in [1.29, 1.82) is 0 Å². The normalized spacial score (nSPS) is 14.3. The number of pyridine rings is 1. The summed E-state index contributed by atoms with van der Waals surface area (Å²) in [6.45, 7) is 2.33. The number of amides is 2. The minimum absolute atomic E-state index is 0.00328. The maximum atomic E-state index is 12.9. The van der Waals surface area contributed by atoms with Crippen LogP contribution in [0.2, 0.25) is 0 Å². The Morgan fingerprint density at radius 1 is 0.867 bits per heavy atom. The van der Waals surface area contributed by atoms with Crippen molar-refractivity contribution in [2.24, 2.45) is 0 Å². The summed E-state index contributed by atoms with van der Waals surface area (Å²) in [7, 11) is 0. The van der Waals surface area contributed by atoms with Gasteiger partial charge in [0.25, 0.3) is 5.91 Å². The van der Waals surface area contributed by atoms with Gasteiger partial charge in [-0.3, -0.25) is 9.59 Å². The third kappa shape index (κ3) is 4.36. The van der Waals surface area contributed by atoms with Gasteiger partial charge in [0.05, 0.1) is 5.52 Å². The van der Waals surface area contributed by atoms with E-state index in [1.54, 1.807) is 6.20 Å². The van der Waals surface area contributed by atoms with E-state index in [9.17, 15) is 9.59 Å². The van der Waals surface area contributed by atoms with E-state index in [-0.39, 0.29) is 18.4 Å². The van der Waals surface area contributed by atoms with E-state index < -0.39 is 0 Å². The smallest absolute Gasteiger partial charge is 0.253 e. The van der Waals surface area contributed by atoms with Crippen LogP contribution in [0.3, 0.4) is 0 Å². The molecule has 7 heteroatoms. The van der Waals surface area contributed by atoms with Crippen molar-refractivity contribution >= 4 is 17.3 Å². The van der Waals surface area contributed by atoms with Crippen LogP contribution in [0.5, 0.6) is 0 Å². The Balaban J connectivity index is 1.35. The van der Waals surface area contributed by atoms with Crippen LogP contribution in [0.25, 0.3) is 16.6 Å². The quantitative estimate of drug-likeness (QED) is 0.638. The number of fused-ring (bicyclic) bond motifs is 1. The SMILES string of the molecule is O=C(CCCCO)N1CCN(C(=O)c2ccc(-c3ccc4ccnn4c3)cc2)CC1. The number of hydrogen-bond acceptors (Lipinski definition) is 4. The highest BCUT2D eigenvalue weighted by Gasteiger charge is 2.24. The van der Waals surface area contributed by atoms with Gasteiger partial charge >= 0.3 is 0 Å². The standard InChI is InChI=1S/C23H26N4O3/c28-16-2-1-3-22(29)25-12-14-26(15-13-25)23(30)19-6-4-18(5-7-19)20-8-9-21-10-11-24-27(21)17-20/h4-11,17,28H,1-3,12-16H2. The first kappa shape index (κ1) is 20.1. The molecule has 3 aromatic rings. The topological polar surface area (TPSA) is 78.2 Å². The number of aliphatic hydroxyl groups excluding tert-OH is 1. The Morgan fingerprint density at radius 2 is 1.57 bits per heavy atom. The summed E-state index contributed by atoms with van der Waals surface area (Å²) in [4.78, 5) is 28.7. The molecule has 2 amide bonds. The van der Waals surface area contributed by atoms with Crippen molar-refractivity contribution in [3.05, 3.63) is 60.4 Å². The van der Waals surface area contributed by atoms with E-state index in [2.05, 4.69) is 5.10 Å². The summed E-state index contributed by atoms with van der Waals surface area (Å²) >= 11 is 0. The van der Waals surface area contributed by atoms with Crippen molar-refractivity contribution in [3.63, 3.8) is 0 Å². The number of piperazine rings is 1. The first-order valence-corrected chi connectivity index (χ1v) is 10.4. The largest absolute Gasteiger partial charge is 0.396 e. The van der Waals surface area contributed by atoms with Crippen molar-refractivity contribution in [2.75, 3.05) is 32.8 Å². The van der Waals surface area contributed by atoms with E-state index in [1.165, 1.54) is 0 Å². The monoisotopic (exact) mass is 406 g/mol. The van der Waals surface area contributed by atoms with Crippen molar-refractivity contribution in [1.82, 2.24) is 19.4 Å². The number of hydrogen-bond donors (Lipinski definition) is 1. The molecule has 1 N–H and O–H groups in total. The molecule has 3 heterocycles. The fourth-order valence-electron chi connectivity index (χ4n) is 3.78. The maximum absolute atomic E-state index is 12.9. The van der Waals surface area contributed by atoms with Crippen LogP contribution in [-0.2, 0) is 4.79 Å². The summed E-state index contributed by atoms with van der Waals surface area (Å²) in [6, 6.07) is 13.6. The number of aromatic nitrogens is 2. The summed E-state index contributed by atoms with van der Waals surface area (Å²) in [5.74, 6) is 0.102. The van der Waals surface area contributed by atoms with Gasteiger partial charge in [0.2, 0.25) is 5.91 Å². The van der Waals surface area contributed by atoms with Gasteiger partial charge in [0, 0.05) is 62.7 Å². The fraction of sp³-hybridized carbons (Fsp3) is 0.348. The molecule has 2 aromatic heterocycles. The van der Waals surface area contributed by atoms with Gasteiger partial charge < -0.3 is 14.9 Å². The Hall–Kier alpha value is -3.19. The zero-order valence-electron chi connectivity index (χ0n) is 16.9. The number of unbranched alkanes of at least 4 members (excludes halogenated alkanes) is 1. The molecule has 30 heavy (non-hydrogen) atoms. The number of nitrogens with zero attached hydrogens (tertiary/aromatic N) is 4. The first-order valence-electron chi connectivity index (χ1n) is 10.4. The van der Waals surface area contributed by atoms with E-state index in [0.29, 0.717) is 51.0 Å². The Labute approximate surface area is 175 Å². The molecule has 0 unspecified atom stereocenters. The molecule has 1 aliphatic heterocycles. The van der Waals surface area contributed by atoms with E-state index in [1.807, 2.05) is 63.0 Å². The molecule has 0 atom stereocenters. The second-order valence-electron chi connectivity index (χ2n) is 7.55. The molecular weight excluding hydrogens is 380 g/mol. The molecule has 1 aromatic carbocycles. The highest BCUT2D eigenvalue weighted by atomic mass is 16.3. The van der Waals surface area contributed by atoms with Crippen LogP contribution in [-0.4, -0.2) is 69.1 Å². The van der Waals surface area contributed by atoms with Crippen molar-refractivity contribution < 1.29 is 14.7 Å². The molecular formula is C23H26N4O3. The van der Waals surface area contributed by atoms with Crippen molar-refractivity contribution in [3.8, 4) is 11.1 Å². The van der Waals surface area contributed by atoms with Gasteiger partial charge in [-0.1, -0.05) is 18.2 Å². The van der Waals surface area contributed by atoms with E-state index >= 15 is 0 Å². The molecule has 0 spiro atoms. The van der Waals surface area contributed by atoms with Crippen LogP contribution in [0.15, 0.2) is 54.9 Å². The lowest BCUT2D eigenvalue weighted by Gasteiger charge is -2.35. The van der Waals surface area contributed by atoms with Crippen LogP contribution < -0.4 is 0 Å². The van der Waals surface area contributed by atoms with Crippen LogP contribution in [0.1, 0.15) is 29.6 Å². The highest BCUT2D eigenvalue weighted by Crippen LogP contribution is 2.21. The number of benzene rings is 1. The Kier molecular flexibility index (Phi) is 6.09. The fourth-order valence-corrected chi connectivity index (χ4v) is 3.78. The minimum atomic E-state index is -0.00328. The summed E-state index contributed by atoms with van der Waals surface area (Å²) < 4.78 is 1.83. The second kappa shape index (κ2) is 9.09. The molecule has 0 aliphatic carbocycles. The molecule has 1 fully saturated rings. The average molecular weight is 406 g/mol. The van der Waals surface area contributed by atoms with Gasteiger partial charge in [-0.2, -0.15) is 5.10 Å². The number of rotatable bonds is 6. The zero-order valence-corrected chi connectivity index (χ0v) is 16.9. The Morgan fingerprint density at radius 3 is 2.30 bits per heavy atom. The third-order valence-corrected chi connectivity index (χ3v) is 5.58. The Bertz CT molecular complexity index is 1020. The van der Waals surface area contributed by atoms with E-state index in [4.69, 9.17) is 5.11 Å². The molecule has 7 nitrogen and oxygen atoms in total. The van der Waals surface area contributed by atoms with Gasteiger partial charge in [-0.25, -0.2) is 4.52 Å². The molecule has 0 bridgehead atoms. The number of aliphatic hydroxyl groups is 1. The third-order valence-electron chi connectivity index (χ3n) is 5.58. The lowest BCUT2D eigenvalue weighted by atomic mass is 10.0. The summed E-state index contributed by atoms with van der Waals surface area (Å²) in [5.41, 5.74) is 3.76. The highest BCUT2D eigenvalue weighted by molar-refractivity contribution is 5.95. The summed E-state index contributed by atoms with van der Waals surface area (Å²) in [5, 5.41) is 13.1.